The second kappa shape index (κ2) is 7.78. The molecule has 1 aliphatic carbocycles. The van der Waals surface area contributed by atoms with Crippen LogP contribution in [-0.2, 0) is 14.3 Å². The Labute approximate surface area is 152 Å². The van der Waals surface area contributed by atoms with Gasteiger partial charge in [0, 0.05) is 18.8 Å². The van der Waals surface area contributed by atoms with Crippen LogP contribution in [0.2, 0.25) is 0 Å². The molecule has 0 bridgehead atoms. The van der Waals surface area contributed by atoms with Crippen molar-refractivity contribution in [1.29, 1.82) is 0 Å². The van der Waals surface area contributed by atoms with Crippen molar-refractivity contribution in [2.45, 2.75) is 25.8 Å². The highest BCUT2D eigenvalue weighted by atomic mass is 16.5. The lowest BCUT2D eigenvalue weighted by molar-refractivity contribution is -0.138. The van der Waals surface area contributed by atoms with Gasteiger partial charge < -0.3 is 24.1 Å². The molecule has 1 fully saturated rings. The minimum atomic E-state index is -0.707. The Hall–Kier alpha value is -2.54. The summed E-state index contributed by atoms with van der Waals surface area (Å²) >= 11 is 0. The third-order valence-electron chi connectivity index (χ3n) is 4.45. The van der Waals surface area contributed by atoms with Crippen molar-refractivity contribution in [2.24, 2.45) is 0 Å². The van der Waals surface area contributed by atoms with Crippen LogP contribution in [0.1, 0.15) is 30.8 Å². The molecular weight excluding hydrogens is 336 g/mol. The van der Waals surface area contributed by atoms with Crippen LogP contribution in [-0.4, -0.2) is 55.2 Å². The van der Waals surface area contributed by atoms with Crippen molar-refractivity contribution in [2.75, 3.05) is 32.9 Å². The van der Waals surface area contributed by atoms with E-state index in [2.05, 4.69) is 10.2 Å². The first-order valence-electron chi connectivity index (χ1n) is 8.81. The van der Waals surface area contributed by atoms with E-state index < -0.39 is 5.54 Å². The van der Waals surface area contributed by atoms with Gasteiger partial charge in [-0.2, -0.15) is 0 Å². The molecule has 1 unspecified atom stereocenters. The van der Waals surface area contributed by atoms with E-state index >= 15 is 0 Å². The number of amides is 1. The number of esters is 1. The molecule has 1 N–H and O–H groups in total. The molecule has 1 amide bonds. The molecule has 7 nitrogen and oxygen atoms in total. The minimum Gasteiger partial charge on any atom is -0.462 e. The summed E-state index contributed by atoms with van der Waals surface area (Å²) in [5, 5.41) is 2.94. The average Bonchev–Trinajstić information content (AvgIpc) is 3.17. The lowest BCUT2D eigenvalue weighted by Gasteiger charge is -2.37. The molecule has 1 saturated heterocycles. The monoisotopic (exact) mass is 360 g/mol. The second-order valence-corrected chi connectivity index (χ2v) is 6.52. The summed E-state index contributed by atoms with van der Waals surface area (Å²) in [5.74, 6) is -0.469. The fourth-order valence-corrected chi connectivity index (χ4v) is 3.16. The van der Waals surface area contributed by atoms with Crippen molar-refractivity contribution >= 4 is 11.9 Å². The number of nitrogens with one attached hydrogen (secondary N) is 1. The first-order chi connectivity index (χ1) is 12.5. The number of nitrogens with zero attached hydrogens (tertiary/aromatic N) is 1. The van der Waals surface area contributed by atoms with E-state index in [1.807, 2.05) is 13.0 Å². The van der Waals surface area contributed by atoms with Gasteiger partial charge in [-0.25, -0.2) is 4.79 Å². The molecule has 7 heteroatoms. The van der Waals surface area contributed by atoms with Crippen molar-refractivity contribution in [3.8, 4) is 0 Å². The number of hydrogen-bond acceptors (Lipinski definition) is 6. The molecule has 0 spiro atoms. The minimum absolute atomic E-state index is 0.236. The first-order valence-corrected chi connectivity index (χ1v) is 8.81. The third kappa shape index (κ3) is 3.99. The van der Waals surface area contributed by atoms with Gasteiger partial charge in [0.1, 0.15) is 0 Å². The van der Waals surface area contributed by atoms with Crippen molar-refractivity contribution in [3.63, 3.8) is 0 Å². The topological polar surface area (TPSA) is 81.0 Å². The quantitative estimate of drug-likeness (QED) is 0.808. The molecule has 3 rings (SSSR count). The van der Waals surface area contributed by atoms with Crippen molar-refractivity contribution in [1.82, 2.24) is 10.2 Å². The summed E-state index contributed by atoms with van der Waals surface area (Å²) in [5.41, 5.74) is 0.612. The smallest absolute Gasteiger partial charge is 0.339 e. The maximum atomic E-state index is 12.5. The number of morpholine rings is 1. The van der Waals surface area contributed by atoms with E-state index in [0.29, 0.717) is 31.8 Å². The molecule has 1 atom stereocenters. The van der Waals surface area contributed by atoms with Crippen LogP contribution in [0.15, 0.2) is 46.2 Å². The fraction of sp³-hybridized carbons (Fsp3) is 0.474. The van der Waals surface area contributed by atoms with Crippen LogP contribution in [0.5, 0.6) is 0 Å². The number of carbonyl (C=O) groups excluding carboxylic acids is 2. The summed E-state index contributed by atoms with van der Waals surface area (Å²) in [4.78, 5) is 27.0. The Morgan fingerprint density at radius 2 is 2.12 bits per heavy atom. The molecule has 0 aromatic carbocycles. The molecule has 1 aromatic rings. The van der Waals surface area contributed by atoms with Crippen LogP contribution in [0.4, 0.5) is 0 Å². The highest BCUT2D eigenvalue weighted by Crippen LogP contribution is 2.30. The maximum Gasteiger partial charge on any atom is 0.339 e. The summed E-state index contributed by atoms with van der Waals surface area (Å²) in [6.07, 6.45) is 5.79. The van der Waals surface area contributed by atoms with Gasteiger partial charge in [0.05, 0.1) is 37.2 Å². The van der Waals surface area contributed by atoms with E-state index in [0.717, 1.165) is 18.8 Å². The molecule has 2 heterocycles. The van der Waals surface area contributed by atoms with E-state index in [4.69, 9.17) is 13.9 Å². The maximum absolute atomic E-state index is 12.5. The molecule has 1 aromatic heterocycles. The van der Waals surface area contributed by atoms with Crippen LogP contribution in [0.25, 0.3) is 0 Å². The predicted molar refractivity (Wildman–Crippen MR) is 94.4 cm³/mol. The molecular formula is C19H24N2O5. The predicted octanol–water partition coefficient (Wildman–Crippen LogP) is 1.88. The van der Waals surface area contributed by atoms with Crippen molar-refractivity contribution in [3.05, 3.63) is 47.6 Å². The molecule has 1 aliphatic heterocycles. The SMILES string of the molecule is CCOC(=O)C1=CC(C)(NC(=O)c2ccco2)CC=C1N1CCOCC1. The number of ether oxygens (including phenoxy) is 2. The first kappa shape index (κ1) is 18.3. The van der Waals surface area contributed by atoms with Crippen LogP contribution in [0.3, 0.4) is 0 Å². The molecule has 26 heavy (non-hydrogen) atoms. The highest BCUT2D eigenvalue weighted by molar-refractivity contribution is 5.95. The van der Waals surface area contributed by atoms with Gasteiger partial charge in [-0.3, -0.25) is 4.79 Å². The highest BCUT2D eigenvalue weighted by Gasteiger charge is 2.34. The Morgan fingerprint density at radius 3 is 2.77 bits per heavy atom. The van der Waals surface area contributed by atoms with E-state index in [1.165, 1.54) is 6.26 Å². The van der Waals surface area contributed by atoms with Gasteiger partial charge >= 0.3 is 5.97 Å². The molecule has 0 radical (unpaired) electrons. The molecule has 140 valence electrons. The summed E-state index contributed by atoms with van der Waals surface area (Å²) < 4.78 is 15.8. The summed E-state index contributed by atoms with van der Waals surface area (Å²) in [6.45, 7) is 6.63. The standard InChI is InChI=1S/C19H24N2O5/c1-3-25-18(23)14-13-19(2,20-17(22)16-5-4-10-26-16)7-6-15(14)21-8-11-24-12-9-21/h4-6,10,13H,3,7-9,11-12H2,1-2H3,(H,20,22). The van der Waals surface area contributed by atoms with Gasteiger partial charge in [0.15, 0.2) is 5.76 Å². The zero-order valence-corrected chi connectivity index (χ0v) is 15.1. The van der Waals surface area contributed by atoms with Crippen molar-refractivity contribution < 1.29 is 23.5 Å². The van der Waals surface area contributed by atoms with Crippen LogP contribution >= 0.6 is 0 Å². The Morgan fingerprint density at radius 1 is 1.35 bits per heavy atom. The van der Waals surface area contributed by atoms with Gasteiger partial charge in [0.25, 0.3) is 5.91 Å². The van der Waals surface area contributed by atoms with Gasteiger partial charge in [-0.15, -0.1) is 0 Å². The Bertz CT molecular complexity index is 716. The largest absolute Gasteiger partial charge is 0.462 e. The zero-order chi connectivity index (χ0) is 18.6. The summed E-state index contributed by atoms with van der Waals surface area (Å²) in [6, 6.07) is 3.26. The molecule has 2 aliphatic rings. The second-order valence-electron chi connectivity index (χ2n) is 6.52. The van der Waals surface area contributed by atoms with E-state index in [-0.39, 0.29) is 17.6 Å². The fourth-order valence-electron chi connectivity index (χ4n) is 3.16. The van der Waals surface area contributed by atoms with Gasteiger partial charge in [-0.1, -0.05) is 6.08 Å². The molecule has 0 saturated carbocycles. The normalized spacial score (nSPS) is 23.1. The van der Waals surface area contributed by atoms with E-state index in [9.17, 15) is 9.59 Å². The Balaban J connectivity index is 1.83. The van der Waals surface area contributed by atoms with Gasteiger partial charge in [0.2, 0.25) is 0 Å². The van der Waals surface area contributed by atoms with Gasteiger partial charge in [-0.05, 0) is 38.5 Å². The lowest BCUT2D eigenvalue weighted by atomic mass is 9.87. The van der Waals surface area contributed by atoms with E-state index in [1.54, 1.807) is 25.1 Å². The number of rotatable bonds is 5. The number of hydrogen-bond donors (Lipinski definition) is 1. The average molecular weight is 360 g/mol. The summed E-state index contributed by atoms with van der Waals surface area (Å²) in [7, 11) is 0. The number of furan rings is 1. The zero-order valence-electron chi connectivity index (χ0n) is 15.1. The van der Waals surface area contributed by atoms with Crippen LogP contribution < -0.4 is 5.32 Å². The third-order valence-corrected chi connectivity index (χ3v) is 4.45. The van der Waals surface area contributed by atoms with Crippen LogP contribution in [0, 0.1) is 0 Å². The lowest BCUT2D eigenvalue weighted by Crippen LogP contribution is -2.47. The Kier molecular flexibility index (Phi) is 5.46. The number of carbonyl (C=O) groups is 2.